The van der Waals surface area contributed by atoms with Crippen molar-refractivity contribution in [2.24, 2.45) is 0 Å². The van der Waals surface area contributed by atoms with E-state index in [0.717, 1.165) is 0 Å². The molecule has 0 fully saturated rings. The van der Waals surface area contributed by atoms with Crippen molar-refractivity contribution in [2.45, 2.75) is 13.0 Å². The third kappa shape index (κ3) is 3.64. The van der Waals surface area contributed by atoms with Crippen LogP contribution in [0.15, 0.2) is 42.2 Å². The van der Waals surface area contributed by atoms with Crippen LogP contribution in [0.5, 0.6) is 23.0 Å². The topological polar surface area (TPSA) is 80.3 Å². The molecule has 0 amide bonds. The molecule has 0 saturated carbocycles. The highest BCUT2D eigenvalue weighted by molar-refractivity contribution is 6.14. The molecule has 28 heavy (non-hydrogen) atoms. The number of hydrogen-bond acceptors (Lipinski definition) is 7. The number of ether oxygens (including phenoxy) is 5. The van der Waals surface area contributed by atoms with E-state index in [4.69, 9.17) is 18.9 Å². The molecule has 0 aliphatic carbocycles. The standard InChI is InChI=1S/C21H20O7/c1-12(21(23)26-4)27-14-8-9-15-17(11-14)28-18(19(15)22)10-13-6-5-7-16(24-2)20(13)25-3/h5-12H,1-4H3. The third-order valence-electron chi connectivity index (χ3n) is 4.21. The van der Waals surface area contributed by atoms with Gasteiger partial charge in [0.2, 0.25) is 5.78 Å². The number of methoxy groups -OCH3 is 3. The molecule has 0 spiro atoms. The Balaban J connectivity index is 1.88. The minimum Gasteiger partial charge on any atom is -0.493 e. The lowest BCUT2D eigenvalue weighted by Crippen LogP contribution is -2.24. The number of ketones is 1. The van der Waals surface area contributed by atoms with Gasteiger partial charge in [-0.3, -0.25) is 4.79 Å². The number of carbonyl (C=O) groups excluding carboxylic acids is 2. The van der Waals surface area contributed by atoms with Gasteiger partial charge in [-0.1, -0.05) is 12.1 Å². The second kappa shape index (κ2) is 8.04. The molecule has 7 heteroatoms. The lowest BCUT2D eigenvalue weighted by molar-refractivity contribution is -0.147. The van der Waals surface area contributed by atoms with Gasteiger partial charge in [-0.05, 0) is 31.2 Å². The number of allylic oxidation sites excluding steroid dienone is 1. The van der Waals surface area contributed by atoms with Gasteiger partial charge in [0.25, 0.3) is 0 Å². The van der Waals surface area contributed by atoms with Crippen molar-refractivity contribution >= 4 is 17.8 Å². The van der Waals surface area contributed by atoms with Crippen LogP contribution in [0.2, 0.25) is 0 Å². The summed E-state index contributed by atoms with van der Waals surface area (Å²) in [5, 5.41) is 0. The van der Waals surface area contributed by atoms with Gasteiger partial charge in [-0.2, -0.15) is 0 Å². The van der Waals surface area contributed by atoms with Crippen molar-refractivity contribution in [1.29, 1.82) is 0 Å². The van der Waals surface area contributed by atoms with Gasteiger partial charge in [-0.15, -0.1) is 0 Å². The zero-order valence-electron chi connectivity index (χ0n) is 16.0. The van der Waals surface area contributed by atoms with Crippen molar-refractivity contribution in [1.82, 2.24) is 0 Å². The highest BCUT2D eigenvalue weighted by Crippen LogP contribution is 2.37. The molecule has 1 unspecified atom stereocenters. The number of benzene rings is 2. The van der Waals surface area contributed by atoms with Crippen LogP contribution in [0.25, 0.3) is 6.08 Å². The van der Waals surface area contributed by atoms with Crippen molar-refractivity contribution < 1.29 is 33.3 Å². The Kier molecular flexibility index (Phi) is 5.54. The molecule has 7 nitrogen and oxygen atoms in total. The van der Waals surface area contributed by atoms with E-state index < -0.39 is 12.1 Å². The Morgan fingerprint density at radius 1 is 1.11 bits per heavy atom. The fourth-order valence-corrected chi connectivity index (χ4v) is 2.83. The summed E-state index contributed by atoms with van der Waals surface area (Å²) in [6, 6.07) is 10.1. The van der Waals surface area contributed by atoms with Gasteiger partial charge < -0.3 is 23.7 Å². The first kappa shape index (κ1) is 19.3. The fraction of sp³-hybridized carbons (Fsp3) is 0.238. The van der Waals surface area contributed by atoms with Crippen LogP contribution in [-0.4, -0.2) is 39.2 Å². The van der Waals surface area contributed by atoms with E-state index in [0.29, 0.717) is 34.1 Å². The number of fused-ring (bicyclic) bond motifs is 1. The second-order valence-electron chi connectivity index (χ2n) is 5.96. The normalized spacial score (nSPS) is 14.9. The molecule has 2 aromatic carbocycles. The zero-order chi connectivity index (χ0) is 20.3. The summed E-state index contributed by atoms with van der Waals surface area (Å²) < 4.78 is 26.6. The maximum absolute atomic E-state index is 12.7. The number of para-hydroxylation sites is 1. The summed E-state index contributed by atoms with van der Waals surface area (Å²) in [7, 11) is 4.35. The van der Waals surface area contributed by atoms with Gasteiger partial charge in [-0.25, -0.2) is 4.79 Å². The number of esters is 1. The van der Waals surface area contributed by atoms with Crippen molar-refractivity contribution in [3.8, 4) is 23.0 Å². The van der Waals surface area contributed by atoms with Crippen LogP contribution in [0.4, 0.5) is 0 Å². The average molecular weight is 384 g/mol. The van der Waals surface area contributed by atoms with Gasteiger partial charge >= 0.3 is 5.97 Å². The van der Waals surface area contributed by atoms with Crippen LogP contribution in [0, 0.1) is 0 Å². The molecule has 0 aromatic heterocycles. The molecule has 1 atom stereocenters. The van der Waals surface area contributed by atoms with Crippen LogP contribution >= 0.6 is 0 Å². The highest BCUT2D eigenvalue weighted by Gasteiger charge is 2.29. The minimum absolute atomic E-state index is 0.153. The SMILES string of the molecule is COC(=O)C(C)Oc1ccc2c(c1)OC(=Cc1cccc(OC)c1OC)C2=O. The van der Waals surface area contributed by atoms with Crippen molar-refractivity contribution in [3.63, 3.8) is 0 Å². The Morgan fingerprint density at radius 3 is 2.57 bits per heavy atom. The van der Waals surface area contributed by atoms with Crippen LogP contribution in [-0.2, 0) is 9.53 Å². The average Bonchev–Trinajstić information content (AvgIpc) is 3.01. The lowest BCUT2D eigenvalue weighted by Gasteiger charge is -2.12. The predicted octanol–water partition coefficient (Wildman–Crippen LogP) is 3.26. The van der Waals surface area contributed by atoms with Gasteiger partial charge in [0.1, 0.15) is 11.5 Å². The number of hydrogen-bond donors (Lipinski definition) is 0. The zero-order valence-corrected chi connectivity index (χ0v) is 16.0. The molecule has 0 radical (unpaired) electrons. The summed E-state index contributed by atoms with van der Waals surface area (Å²) >= 11 is 0. The molecule has 0 saturated heterocycles. The van der Waals surface area contributed by atoms with Crippen LogP contribution in [0.1, 0.15) is 22.8 Å². The summed E-state index contributed by atoms with van der Waals surface area (Å²) in [5.41, 5.74) is 1.06. The van der Waals surface area contributed by atoms with Gasteiger partial charge in [0.05, 0.1) is 26.9 Å². The largest absolute Gasteiger partial charge is 0.493 e. The summed E-state index contributed by atoms with van der Waals surface area (Å²) in [5.74, 6) is 1.20. The molecule has 1 aliphatic rings. The monoisotopic (exact) mass is 384 g/mol. The maximum atomic E-state index is 12.7. The number of Topliss-reactive ketones (excluding diaryl/α,β-unsaturated/α-hetero) is 1. The van der Waals surface area contributed by atoms with Gasteiger partial charge in [0.15, 0.2) is 23.4 Å². The molecule has 3 rings (SSSR count). The summed E-state index contributed by atoms with van der Waals surface area (Å²) in [6.07, 6.45) is 0.817. The highest BCUT2D eigenvalue weighted by atomic mass is 16.6. The predicted molar refractivity (Wildman–Crippen MR) is 101 cm³/mol. The molecular formula is C21H20O7. The number of rotatable bonds is 6. The molecule has 1 heterocycles. The van der Waals surface area contributed by atoms with Crippen molar-refractivity contribution in [2.75, 3.05) is 21.3 Å². The smallest absolute Gasteiger partial charge is 0.346 e. The fourth-order valence-electron chi connectivity index (χ4n) is 2.83. The second-order valence-corrected chi connectivity index (χ2v) is 5.96. The van der Waals surface area contributed by atoms with E-state index >= 15 is 0 Å². The van der Waals surface area contributed by atoms with E-state index in [1.807, 2.05) is 0 Å². The van der Waals surface area contributed by atoms with Crippen LogP contribution < -0.4 is 18.9 Å². The Bertz CT molecular complexity index is 946. The maximum Gasteiger partial charge on any atom is 0.346 e. The Morgan fingerprint density at radius 2 is 1.89 bits per heavy atom. The summed E-state index contributed by atoms with van der Waals surface area (Å²) in [6.45, 7) is 1.57. The molecule has 146 valence electrons. The van der Waals surface area contributed by atoms with E-state index in [9.17, 15) is 9.59 Å². The first-order chi connectivity index (χ1) is 13.5. The lowest BCUT2D eigenvalue weighted by atomic mass is 10.1. The third-order valence-corrected chi connectivity index (χ3v) is 4.21. The van der Waals surface area contributed by atoms with Crippen LogP contribution in [0.3, 0.4) is 0 Å². The Hall–Kier alpha value is -3.48. The van der Waals surface area contributed by atoms with E-state index in [2.05, 4.69) is 4.74 Å². The molecule has 0 N–H and O–H groups in total. The van der Waals surface area contributed by atoms with Crippen molar-refractivity contribution in [3.05, 3.63) is 53.3 Å². The first-order valence-corrected chi connectivity index (χ1v) is 8.52. The molecule has 2 aromatic rings. The first-order valence-electron chi connectivity index (χ1n) is 8.52. The molecule has 0 bridgehead atoms. The van der Waals surface area contributed by atoms with E-state index in [1.54, 1.807) is 56.5 Å². The molecular weight excluding hydrogens is 364 g/mol. The van der Waals surface area contributed by atoms with E-state index in [1.165, 1.54) is 14.2 Å². The minimum atomic E-state index is -0.781. The number of carbonyl (C=O) groups is 2. The quantitative estimate of drug-likeness (QED) is 0.559. The molecule has 1 aliphatic heterocycles. The van der Waals surface area contributed by atoms with E-state index in [-0.39, 0.29) is 11.5 Å². The summed E-state index contributed by atoms with van der Waals surface area (Å²) in [4.78, 5) is 24.2. The van der Waals surface area contributed by atoms with Gasteiger partial charge in [0, 0.05) is 11.6 Å². The Labute approximate surface area is 162 Å².